The number of rotatable bonds is 63. The quantitative estimate of drug-likeness (QED) is 0.0222. The third kappa shape index (κ3) is 59.0. The zero-order valence-corrected chi connectivity index (χ0v) is 56.1. The van der Waals surface area contributed by atoms with Gasteiger partial charge >= 0.3 is 39.5 Å². The van der Waals surface area contributed by atoms with Crippen molar-refractivity contribution in [2.75, 3.05) is 39.6 Å². The first kappa shape index (κ1) is 82.1. The lowest BCUT2D eigenvalue weighted by atomic mass is 10.0. The first-order valence-corrected chi connectivity index (χ1v) is 36.8. The molecule has 0 aromatic carbocycles. The van der Waals surface area contributed by atoms with E-state index in [-0.39, 0.29) is 25.7 Å². The summed E-state index contributed by atoms with van der Waals surface area (Å²) in [6.45, 7) is 11.7. The molecule has 0 aromatic heterocycles. The Morgan fingerprint density at radius 3 is 0.810 bits per heavy atom. The van der Waals surface area contributed by atoms with Gasteiger partial charge in [-0.2, -0.15) is 0 Å². The molecule has 0 amide bonds. The number of esters is 4. The average Bonchev–Trinajstić information content (AvgIpc) is 3.51. The predicted octanol–water partition coefficient (Wildman–Crippen LogP) is 17.9. The molecule has 19 heteroatoms. The monoisotopic (exact) mass is 1240 g/mol. The topological polar surface area (TPSA) is 237 Å². The molecule has 0 aliphatic rings. The largest absolute Gasteiger partial charge is 0.472 e. The Morgan fingerprint density at radius 1 is 0.321 bits per heavy atom. The molecule has 2 unspecified atom stereocenters. The van der Waals surface area contributed by atoms with E-state index < -0.39 is 97.5 Å². The van der Waals surface area contributed by atoms with Gasteiger partial charge in [0, 0.05) is 25.7 Å². The summed E-state index contributed by atoms with van der Waals surface area (Å²) in [6, 6.07) is 0. The van der Waals surface area contributed by atoms with Crippen molar-refractivity contribution in [2.45, 2.75) is 336 Å². The van der Waals surface area contributed by atoms with Gasteiger partial charge in [-0.1, -0.05) is 267 Å². The number of carbonyl (C=O) groups excluding carboxylic acids is 4. The first-order valence-electron chi connectivity index (χ1n) is 33.8. The number of aliphatic hydroxyl groups is 1. The standard InChI is InChI=1S/C65H126O17P2/c1-8-9-10-11-22-32-39-46-62(67)75-52-60(82-65(70)49-42-35-28-21-20-25-31-38-45-58(6)7)54-79-83(71,72)77-50-59(66)51-78-84(73,74)80-55-61(53-76-63(68)47-40-33-26-19-15-17-24-30-37-44-57(4)5)81-64(69)48-41-34-27-18-14-12-13-16-23-29-36-43-56(2)3/h56-61,66H,8-55H2,1-7H3,(H,71,72)(H,73,74)/t59-,60+,61+/m0/s1. The van der Waals surface area contributed by atoms with Crippen LogP contribution < -0.4 is 0 Å². The molecular formula is C65H126O17P2. The van der Waals surface area contributed by atoms with Crippen LogP contribution in [0.15, 0.2) is 0 Å². The minimum Gasteiger partial charge on any atom is -0.462 e. The molecular weight excluding hydrogens is 1110 g/mol. The van der Waals surface area contributed by atoms with Gasteiger partial charge in [0.05, 0.1) is 26.4 Å². The van der Waals surface area contributed by atoms with Crippen molar-refractivity contribution in [3.05, 3.63) is 0 Å². The van der Waals surface area contributed by atoms with E-state index >= 15 is 0 Å². The number of ether oxygens (including phenoxy) is 4. The molecule has 0 spiro atoms. The summed E-state index contributed by atoms with van der Waals surface area (Å²) in [6.07, 6.45) is 37.7. The van der Waals surface area contributed by atoms with E-state index in [4.69, 9.17) is 37.0 Å². The molecule has 0 heterocycles. The lowest BCUT2D eigenvalue weighted by Crippen LogP contribution is -2.30. The van der Waals surface area contributed by atoms with E-state index in [0.717, 1.165) is 120 Å². The average molecular weight is 1240 g/mol. The van der Waals surface area contributed by atoms with Crippen LogP contribution in [0.3, 0.4) is 0 Å². The third-order valence-electron chi connectivity index (χ3n) is 14.9. The SMILES string of the molecule is CCCCCCCCCC(=O)OC[C@H](COP(=O)(O)OC[C@H](O)COP(=O)(O)OC[C@@H](COC(=O)CCCCCCCCCCCC(C)C)OC(=O)CCCCCCCCCCCCCC(C)C)OC(=O)CCCCCCCCCCC(C)C. The van der Waals surface area contributed by atoms with E-state index in [1.54, 1.807) is 0 Å². The van der Waals surface area contributed by atoms with Crippen LogP contribution in [0.1, 0.15) is 318 Å². The Balaban J connectivity index is 5.23. The van der Waals surface area contributed by atoms with Crippen LogP contribution in [0.4, 0.5) is 0 Å². The summed E-state index contributed by atoms with van der Waals surface area (Å²) < 4.78 is 68.0. The normalized spacial score (nSPS) is 14.3. The third-order valence-corrected chi connectivity index (χ3v) is 16.8. The van der Waals surface area contributed by atoms with Crippen molar-refractivity contribution in [3.63, 3.8) is 0 Å². The highest BCUT2D eigenvalue weighted by Crippen LogP contribution is 2.45. The van der Waals surface area contributed by atoms with E-state index in [2.05, 4.69) is 48.5 Å². The van der Waals surface area contributed by atoms with Gasteiger partial charge in [0.2, 0.25) is 0 Å². The molecule has 84 heavy (non-hydrogen) atoms. The Hall–Kier alpha value is -1.94. The molecule has 0 fully saturated rings. The molecule has 0 bridgehead atoms. The number of carbonyl (C=O) groups is 4. The summed E-state index contributed by atoms with van der Waals surface area (Å²) in [5.41, 5.74) is 0. The van der Waals surface area contributed by atoms with Gasteiger partial charge < -0.3 is 33.8 Å². The Kier molecular flexibility index (Phi) is 55.0. The lowest BCUT2D eigenvalue weighted by Gasteiger charge is -2.21. The van der Waals surface area contributed by atoms with Crippen LogP contribution in [0, 0.1) is 17.8 Å². The van der Waals surface area contributed by atoms with Crippen molar-refractivity contribution in [3.8, 4) is 0 Å². The van der Waals surface area contributed by atoms with Crippen molar-refractivity contribution in [1.29, 1.82) is 0 Å². The number of aliphatic hydroxyl groups excluding tert-OH is 1. The minimum absolute atomic E-state index is 0.104. The second kappa shape index (κ2) is 56.3. The molecule has 3 N–H and O–H groups in total. The van der Waals surface area contributed by atoms with Crippen LogP contribution in [0.25, 0.3) is 0 Å². The van der Waals surface area contributed by atoms with Crippen LogP contribution >= 0.6 is 15.6 Å². The number of hydrogen-bond donors (Lipinski definition) is 3. The summed E-state index contributed by atoms with van der Waals surface area (Å²) in [5.74, 6) is 0.0885. The molecule has 0 rings (SSSR count). The van der Waals surface area contributed by atoms with Gasteiger partial charge in [-0.3, -0.25) is 37.3 Å². The smallest absolute Gasteiger partial charge is 0.462 e. The van der Waals surface area contributed by atoms with E-state index in [0.29, 0.717) is 25.7 Å². The fourth-order valence-electron chi connectivity index (χ4n) is 9.66. The minimum atomic E-state index is -4.95. The fraction of sp³-hybridized carbons (Fsp3) is 0.938. The van der Waals surface area contributed by atoms with Crippen molar-refractivity contribution < 1.29 is 80.2 Å². The zero-order chi connectivity index (χ0) is 62.4. The fourth-order valence-corrected chi connectivity index (χ4v) is 11.2. The Morgan fingerprint density at radius 2 is 0.548 bits per heavy atom. The molecule has 17 nitrogen and oxygen atoms in total. The van der Waals surface area contributed by atoms with Crippen molar-refractivity contribution in [2.24, 2.45) is 17.8 Å². The highest BCUT2D eigenvalue weighted by Gasteiger charge is 2.30. The highest BCUT2D eigenvalue weighted by atomic mass is 31.2. The van der Waals surface area contributed by atoms with Crippen molar-refractivity contribution >= 4 is 39.5 Å². The maximum absolute atomic E-state index is 13.0. The van der Waals surface area contributed by atoms with Gasteiger partial charge in [0.15, 0.2) is 12.2 Å². The second-order valence-electron chi connectivity index (χ2n) is 24.9. The lowest BCUT2D eigenvalue weighted by molar-refractivity contribution is -0.161. The molecule has 0 saturated heterocycles. The summed E-state index contributed by atoms with van der Waals surface area (Å²) in [7, 11) is -9.89. The van der Waals surface area contributed by atoms with Gasteiger partial charge in [0.25, 0.3) is 0 Å². The molecule has 0 aromatic rings. The van der Waals surface area contributed by atoms with E-state index in [1.165, 1.54) is 116 Å². The number of phosphoric acid groups is 2. The highest BCUT2D eigenvalue weighted by molar-refractivity contribution is 7.47. The summed E-state index contributed by atoms with van der Waals surface area (Å²) in [5, 5.41) is 10.5. The van der Waals surface area contributed by atoms with Crippen LogP contribution in [0.5, 0.6) is 0 Å². The number of hydrogen-bond acceptors (Lipinski definition) is 15. The van der Waals surface area contributed by atoms with Crippen molar-refractivity contribution in [1.82, 2.24) is 0 Å². The van der Waals surface area contributed by atoms with E-state index in [1.807, 2.05) is 0 Å². The van der Waals surface area contributed by atoms with Crippen LogP contribution in [0.2, 0.25) is 0 Å². The van der Waals surface area contributed by atoms with Crippen LogP contribution in [-0.2, 0) is 65.4 Å². The number of unbranched alkanes of at least 4 members (excludes halogenated alkanes) is 31. The van der Waals surface area contributed by atoms with E-state index in [9.17, 15) is 43.2 Å². The maximum atomic E-state index is 13.0. The molecule has 0 radical (unpaired) electrons. The second-order valence-corrected chi connectivity index (χ2v) is 27.8. The Labute approximate surface area is 511 Å². The molecule has 0 aliphatic carbocycles. The van der Waals surface area contributed by atoms with Gasteiger partial charge in [-0.05, 0) is 43.4 Å². The van der Waals surface area contributed by atoms with Gasteiger partial charge in [0.1, 0.15) is 19.3 Å². The molecule has 0 aliphatic heterocycles. The molecule has 498 valence electrons. The summed E-state index contributed by atoms with van der Waals surface area (Å²) in [4.78, 5) is 72.2. The van der Waals surface area contributed by atoms with Gasteiger partial charge in [-0.25, -0.2) is 9.13 Å². The summed E-state index contributed by atoms with van der Waals surface area (Å²) >= 11 is 0. The van der Waals surface area contributed by atoms with Crippen LogP contribution in [-0.4, -0.2) is 96.7 Å². The Bertz CT molecular complexity index is 1660. The molecule has 0 saturated carbocycles. The maximum Gasteiger partial charge on any atom is 0.472 e. The number of phosphoric ester groups is 2. The van der Waals surface area contributed by atoms with Gasteiger partial charge in [-0.15, -0.1) is 0 Å². The zero-order valence-electron chi connectivity index (χ0n) is 54.4. The molecule has 5 atom stereocenters. The first-order chi connectivity index (χ1) is 40.2. The predicted molar refractivity (Wildman–Crippen MR) is 335 cm³/mol.